The molecule has 27 heavy (non-hydrogen) atoms. The summed E-state index contributed by atoms with van der Waals surface area (Å²) in [6, 6.07) is 10.9. The van der Waals surface area contributed by atoms with Gasteiger partial charge in [0.1, 0.15) is 0 Å². The monoisotopic (exact) mass is 482 g/mol. The second-order valence-electron chi connectivity index (χ2n) is 8.64. The first-order valence-corrected chi connectivity index (χ1v) is 10.5. The first kappa shape index (κ1) is 20.9. The van der Waals surface area contributed by atoms with Crippen LogP contribution < -0.4 is 5.32 Å². The Bertz CT molecular complexity index is 614. The molecule has 5 heteroatoms. The Morgan fingerprint density at radius 2 is 2.00 bits per heavy atom. The van der Waals surface area contributed by atoms with Crippen molar-refractivity contribution in [1.29, 1.82) is 0 Å². The Balaban J connectivity index is 0.00000210. The molecule has 2 aliphatic heterocycles. The molecule has 1 aromatic rings. The van der Waals surface area contributed by atoms with Crippen molar-refractivity contribution in [2.24, 2.45) is 16.3 Å². The molecule has 1 spiro atoms. The molecule has 2 heterocycles. The van der Waals surface area contributed by atoms with Gasteiger partial charge in [-0.15, -0.1) is 24.0 Å². The van der Waals surface area contributed by atoms with Gasteiger partial charge in [-0.3, -0.25) is 4.99 Å². The lowest BCUT2D eigenvalue weighted by atomic mass is 9.68. The maximum Gasteiger partial charge on any atom is 0.193 e. The summed E-state index contributed by atoms with van der Waals surface area (Å²) in [6.07, 6.45) is 8.13. The topological polar surface area (TPSA) is 30.9 Å². The number of guanidine groups is 1. The van der Waals surface area contributed by atoms with E-state index in [-0.39, 0.29) is 24.0 Å². The zero-order valence-corrected chi connectivity index (χ0v) is 19.0. The lowest BCUT2D eigenvalue weighted by molar-refractivity contribution is 0.151. The smallest absolute Gasteiger partial charge is 0.193 e. The Labute approximate surface area is 181 Å². The Hall–Kier alpha value is -0.820. The van der Waals surface area contributed by atoms with Crippen LogP contribution in [0.4, 0.5) is 0 Å². The minimum absolute atomic E-state index is 0. The first-order valence-electron chi connectivity index (χ1n) is 10.5. The standard InChI is InChI=1S/C22H34N4.HI/c1-23-21(26-15-12-22(18-26)10-5-11-22)24-16-20-9-14-25(17-20)13-8-19-6-3-2-4-7-19;/h2-4,6-7,20H,5,8-18H2,1H3,(H,23,24);1H. The third kappa shape index (κ3) is 5.17. The molecule has 2 saturated heterocycles. The summed E-state index contributed by atoms with van der Waals surface area (Å²) in [4.78, 5) is 9.70. The molecule has 0 aromatic heterocycles. The normalized spacial score (nSPS) is 24.7. The molecular weight excluding hydrogens is 447 g/mol. The van der Waals surface area contributed by atoms with E-state index in [0.29, 0.717) is 5.41 Å². The van der Waals surface area contributed by atoms with Crippen LogP contribution in [0.3, 0.4) is 0 Å². The molecule has 1 aromatic carbocycles. The van der Waals surface area contributed by atoms with Crippen LogP contribution in [0.2, 0.25) is 0 Å². The fourth-order valence-corrected chi connectivity index (χ4v) is 4.98. The Morgan fingerprint density at radius 3 is 2.67 bits per heavy atom. The highest BCUT2D eigenvalue weighted by Crippen LogP contribution is 2.47. The summed E-state index contributed by atoms with van der Waals surface area (Å²) < 4.78 is 0. The molecule has 4 nitrogen and oxygen atoms in total. The maximum absolute atomic E-state index is 4.57. The summed E-state index contributed by atoms with van der Waals surface area (Å²) in [5.41, 5.74) is 2.09. The highest BCUT2D eigenvalue weighted by Gasteiger charge is 2.43. The van der Waals surface area contributed by atoms with Crippen LogP contribution in [0.1, 0.15) is 37.7 Å². The SMILES string of the molecule is CN=C(NCC1CCN(CCc2ccccc2)C1)N1CCC2(CCC2)C1.I. The predicted molar refractivity (Wildman–Crippen MR) is 124 cm³/mol. The van der Waals surface area contributed by atoms with E-state index in [4.69, 9.17) is 0 Å². The van der Waals surface area contributed by atoms with E-state index in [2.05, 4.69) is 50.4 Å². The van der Waals surface area contributed by atoms with Gasteiger partial charge in [0.05, 0.1) is 0 Å². The van der Waals surface area contributed by atoms with Crippen molar-refractivity contribution in [1.82, 2.24) is 15.1 Å². The largest absolute Gasteiger partial charge is 0.356 e. The van der Waals surface area contributed by atoms with Crippen molar-refractivity contribution >= 4 is 29.9 Å². The van der Waals surface area contributed by atoms with E-state index in [1.165, 1.54) is 76.8 Å². The van der Waals surface area contributed by atoms with Crippen LogP contribution in [0.5, 0.6) is 0 Å². The number of nitrogens with one attached hydrogen (secondary N) is 1. The van der Waals surface area contributed by atoms with Gasteiger partial charge in [0.25, 0.3) is 0 Å². The number of likely N-dealkylation sites (tertiary alicyclic amines) is 2. The summed E-state index contributed by atoms with van der Waals surface area (Å²) in [5.74, 6) is 1.89. The van der Waals surface area contributed by atoms with Gasteiger partial charge in [-0.1, -0.05) is 36.8 Å². The number of rotatable bonds is 5. The van der Waals surface area contributed by atoms with Gasteiger partial charge in [-0.2, -0.15) is 0 Å². The minimum atomic E-state index is 0. The molecule has 150 valence electrons. The quantitative estimate of drug-likeness (QED) is 0.395. The predicted octanol–water partition coefficient (Wildman–Crippen LogP) is 3.62. The van der Waals surface area contributed by atoms with E-state index < -0.39 is 0 Å². The van der Waals surface area contributed by atoms with Crippen molar-refractivity contribution in [2.45, 2.75) is 38.5 Å². The second kappa shape index (κ2) is 9.59. The van der Waals surface area contributed by atoms with Crippen LogP contribution in [0.25, 0.3) is 0 Å². The minimum Gasteiger partial charge on any atom is -0.356 e. The fourth-order valence-electron chi connectivity index (χ4n) is 4.98. The number of halogens is 1. The third-order valence-electron chi connectivity index (χ3n) is 6.84. The average molecular weight is 482 g/mol. The molecule has 1 unspecified atom stereocenters. The molecule has 0 bridgehead atoms. The summed E-state index contributed by atoms with van der Waals surface area (Å²) in [5, 5.41) is 3.68. The van der Waals surface area contributed by atoms with Gasteiger partial charge in [0.15, 0.2) is 5.96 Å². The van der Waals surface area contributed by atoms with E-state index >= 15 is 0 Å². The second-order valence-corrected chi connectivity index (χ2v) is 8.64. The summed E-state index contributed by atoms with van der Waals surface area (Å²) in [6.45, 7) is 7.13. The number of benzene rings is 1. The van der Waals surface area contributed by atoms with Gasteiger partial charge in [0, 0.05) is 39.8 Å². The van der Waals surface area contributed by atoms with Crippen LogP contribution in [-0.4, -0.2) is 62.1 Å². The molecule has 1 atom stereocenters. The molecule has 1 saturated carbocycles. The summed E-state index contributed by atoms with van der Waals surface area (Å²) >= 11 is 0. The third-order valence-corrected chi connectivity index (χ3v) is 6.84. The molecule has 3 aliphatic rings. The lowest BCUT2D eigenvalue weighted by Crippen LogP contribution is -2.44. The molecule has 0 amide bonds. The van der Waals surface area contributed by atoms with Gasteiger partial charge in [-0.25, -0.2) is 0 Å². The molecule has 3 fully saturated rings. The first-order chi connectivity index (χ1) is 12.8. The van der Waals surface area contributed by atoms with Crippen LogP contribution >= 0.6 is 24.0 Å². The van der Waals surface area contributed by atoms with Crippen molar-refractivity contribution in [3.8, 4) is 0 Å². The van der Waals surface area contributed by atoms with Crippen LogP contribution in [0.15, 0.2) is 35.3 Å². The Kier molecular flexibility index (Phi) is 7.42. The van der Waals surface area contributed by atoms with Gasteiger partial charge >= 0.3 is 0 Å². The molecule has 0 radical (unpaired) electrons. The van der Waals surface area contributed by atoms with E-state index in [9.17, 15) is 0 Å². The van der Waals surface area contributed by atoms with Crippen molar-refractivity contribution in [3.63, 3.8) is 0 Å². The zero-order chi connectivity index (χ0) is 17.8. The highest BCUT2D eigenvalue weighted by molar-refractivity contribution is 14.0. The van der Waals surface area contributed by atoms with Crippen molar-refractivity contribution < 1.29 is 0 Å². The van der Waals surface area contributed by atoms with Gasteiger partial charge in [-0.05, 0) is 55.5 Å². The maximum atomic E-state index is 4.57. The van der Waals surface area contributed by atoms with Crippen LogP contribution in [0, 0.1) is 11.3 Å². The molecule has 4 rings (SSSR count). The van der Waals surface area contributed by atoms with Crippen molar-refractivity contribution in [3.05, 3.63) is 35.9 Å². The van der Waals surface area contributed by atoms with Gasteiger partial charge < -0.3 is 15.1 Å². The fraction of sp³-hybridized carbons (Fsp3) is 0.682. The number of aliphatic imine (C=N–C) groups is 1. The highest BCUT2D eigenvalue weighted by atomic mass is 127. The lowest BCUT2D eigenvalue weighted by Gasteiger charge is -2.38. The Morgan fingerprint density at radius 1 is 1.19 bits per heavy atom. The molecule has 1 aliphatic carbocycles. The van der Waals surface area contributed by atoms with Gasteiger partial charge in [0.2, 0.25) is 0 Å². The number of hydrogen-bond donors (Lipinski definition) is 1. The van der Waals surface area contributed by atoms with E-state index in [1.807, 2.05) is 7.05 Å². The van der Waals surface area contributed by atoms with E-state index in [1.54, 1.807) is 0 Å². The van der Waals surface area contributed by atoms with Crippen LogP contribution in [-0.2, 0) is 6.42 Å². The number of hydrogen-bond acceptors (Lipinski definition) is 2. The molecular formula is C22H35IN4. The van der Waals surface area contributed by atoms with E-state index in [0.717, 1.165) is 18.4 Å². The molecule has 1 N–H and O–H groups in total. The number of nitrogens with zero attached hydrogens (tertiary/aromatic N) is 3. The summed E-state index contributed by atoms with van der Waals surface area (Å²) in [7, 11) is 1.94. The zero-order valence-electron chi connectivity index (χ0n) is 16.7. The van der Waals surface area contributed by atoms with Crippen molar-refractivity contribution in [2.75, 3.05) is 46.3 Å². The average Bonchev–Trinajstić information content (AvgIpc) is 3.29.